The normalized spacial score (nSPS) is 19.0. The summed E-state index contributed by atoms with van der Waals surface area (Å²) in [6, 6.07) is 5.11. The number of aliphatic hydroxyl groups excluding tert-OH is 1. The van der Waals surface area contributed by atoms with E-state index < -0.39 is 50.7 Å². The average molecular weight is 402 g/mol. The Hall–Kier alpha value is -2.38. The zero-order valence-corrected chi connectivity index (χ0v) is 14.8. The number of nitriles is 1. The van der Waals surface area contributed by atoms with Gasteiger partial charge in [0, 0.05) is 41.4 Å². The average Bonchev–Trinajstić information content (AvgIpc) is 2.98. The summed E-state index contributed by atoms with van der Waals surface area (Å²) in [5, 5.41) is 19.0. The Morgan fingerprint density at radius 3 is 2.59 bits per heavy atom. The van der Waals surface area contributed by atoms with Crippen LogP contribution in [0, 0.1) is 11.3 Å². The highest BCUT2D eigenvalue weighted by atomic mass is 32.2. The van der Waals surface area contributed by atoms with E-state index in [-0.39, 0.29) is 23.4 Å². The molecule has 0 radical (unpaired) electrons. The van der Waals surface area contributed by atoms with Crippen LogP contribution in [0.15, 0.2) is 29.3 Å². The number of rotatable bonds is 3. The fourth-order valence-corrected chi connectivity index (χ4v) is 4.15. The molecule has 0 amide bonds. The van der Waals surface area contributed by atoms with Crippen molar-refractivity contribution in [2.45, 2.75) is 36.2 Å². The van der Waals surface area contributed by atoms with Crippen LogP contribution < -0.4 is 0 Å². The van der Waals surface area contributed by atoms with Crippen molar-refractivity contribution in [3.8, 4) is 11.8 Å². The Bertz CT molecular complexity index is 1050. The van der Waals surface area contributed by atoms with Gasteiger partial charge in [-0.3, -0.25) is 0 Å². The van der Waals surface area contributed by atoms with Crippen molar-refractivity contribution in [3.63, 3.8) is 0 Å². The summed E-state index contributed by atoms with van der Waals surface area (Å²) in [4.78, 5) is -0.479. The zero-order valence-electron chi connectivity index (χ0n) is 14.0. The lowest BCUT2D eigenvalue weighted by molar-refractivity contribution is -0.123. The minimum absolute atomic E-state index is 0.0906. The fourth-order valence-electron chi connectivity index (χ4n) is 3.23. The van der Waals surface area contributed by atoms with Gasteiger partial charge in [-0.1, -0.05) is 0 Å². The molecule has 1 aliphatic carbocycles. The molecule has 0 aliphatic heterocycles. The lowest BCUT2D eigenvalue weighted by Gasteiger charge is -2.29. The first-order chi connectivity index (χ1) is 12.5. The summed E-state index contributed by atoms with van der Waals surface area (Å²) >= 11 is 0. The Kier molecular flexibility index (Phi) is 4.56. The smallest absolute Gasteiger partial charge is 0.278 e. The summed E-state index contributed by atoms with van der Waals surface area (Å²) in [7, 11) is -3.97. The Balaban J connectivity index is 2.28. The van der Waals surface area contributed by atoms with Gasteiger partial charge in [-0.25, -0.2) is 26.0 Å². The number of alkyl halides is 4. The molecular formula is C17H14F4N2O3S. The topological polar surface area (TPSA) is 83.1 Å². The molecule has 1 atom stereocenters. The molecule has 27 heavy (non-hydrogen) atoms. The molecule has 0 saturated carbocycles. The molecule has 0 saturated heterocycles. The molecular weight excluding hydrogens is 388 g/mol. The molecule has 0 bridgehead atoms. The van der Waals surface area contributed by atoms with Gasteiger partial charge in [0.1, 0.15) is 6.10 Å². The second-order valence-corrected chi connectivity index (χ2v) is 8.33. The number of sulfone groups is 1. The van der Waals surface area contributed by atoms with Crippen LogP contribution in [-0.4, -0.2) is 30.3 Å². The van der Waals surface area contributed by atoms with Crippen molar-refractivity contribution in [3.05, 3.63) is 46.8 Å². The number of aromatic nitrogens is 1. The van der Waals surface area contributed by atoms with Gasteiger partial charge >= 0.3 is 0 Å². The highest BCUT2D eigenvalue weighted by Crippen LogP contribution is 2.45. The summed E-state index contributed by atoms with van der Waals surface area (Å²) in [5.41, 5.74) is -1.02. The van der Waals surface area contributed by atoms with E-state index in [1.165, 1.54) is 10.6 Å². The minimum Gasteiger partial charge on any atom is -0.382 e. The molecule has 1 aromatic heterocycles. The lowest BCUT2D eigenvalue weighted by atomic mass is 9.91. The second kappa shape index (κ2) is 6.35. The van der Waals surface area contributed by atoms with Gasteiger partial charge in [-0.2, -0.15) is 5.26 Å². The third-order valence-corrected chi connectivity index (χ3v) is 5.67. The third-order valence-electron chi connectivity index (χ3n) is 4.55. The maximum atomic E-state index is 13.9. The molecule has 2 aromatic rings. The van der Waals surface area contributed by atoms with Crippen LogP contribution >= 0.6 is 0 Å². The van der Waals surface area contributed by atoms with E-state index in [4.69, 9.17) is 5.26 Å². The minimum atomic E-state index is -3.97. The van der Waals surface area contributed by atoms with E-state index in [2.05, 4.69) is 0 Å². The Morgan fingerprint density at radius 1 is 1.37 bits per heavy atom. The van der Waals surface area contributed by atoms with Crippen molar-refractivity contribution in [1.82, 2.24) is 4.57 Å². The first-order valence-corrected chi connectivity index (χ1v) is 9.69. The van der Waals surface area contributed by atoms with Gasteiger partial charge in [0.15, 0.2) is 9.84 Å². The van der Waals surface area contributed by atoms with Crippen molar-refractivity contribution in [2.75, 3.05) is 6.26 Å². The molecule has 0 fully saturated rings. The summed E-state index contributed by atoms with van der Waals surface area (Å²) in [5.74, 6) is -3.50. The van der Waals surface area contributed by atoms with E-state index in [0.717, 1.165) is 24.6 Å². The van der Waals surface area contributed by atoms with Crippen molar-refractivity contribution < 1.29 is 31.1 Å². The van der Waals surface area contributed by atoms with E-state index in [1.54, 1.807) is 6.07 Å². The number of hydrogen-bond acceptors (Lipinski definition) is 4. The molecule has 1 aliphatic rings. The fraction of sp³-hybridized carbons (Fsp3) is 0.353. The first kappa shape index (κ1) is 19.4. The van der Waals surface area contributed by atoms with Crippen molar-refractivity contribution in [2.24, 2.45) is 0 Å². The quantitative estimate of drug-likeness (QED) is 0.799. The summed E-state index contributed by atoms with van der Waals surface area (Å²) in [6.07, 6.45) is -4.38. The number of hydrogen-bond donors (Lipinski definition) is 1. The first-order valence-electron chi connectivity index (χ1n) is 7.80. The molecule has 5 nitrogen and oxygen atoms in total. The van der Waals surface area contributed by atoms with E-state index in [9.17, 15) is 31.1 Å². The van der Waals surface area contributed by atoms with E-state index in [0.29, 0.717) is 0 Å². The Morgan fingerprint density at radius 2 is 2.04 bits per heavy atom. The number of fused-ring (bicyclic) bond motifs is 1. The molecule has 0 spiro atoms. The van der Waals surface area contributed by atoms with Crippen LogP contribution in [0.2, 0.25) is 0 Å². The maximum absolute atomic E-state index is 13.9. The predicted octanol–water partition coefficient (Wildman–Crippen LogP) is 3.30. The number of halogens is 4. The van der Waals surface area contributed by atoms with Gasteiger partial charge in [0.05, 0.1) is 16.5 Å². The third kappa shape index (κ3) is 3.21. The van der Waals surface area contributed by atoms with Crippen LogP contribution in [0.4, 0.5) is 17.6 Å². The van der Waals surface area contributed by atoms with Crippen LogP contribution in [0.5, 0.6) is 0 Å². The molecule has 1 aromatic carbocycles. The molecule has 1 heterocycles. The SMILES string of the molecule is CS(=O)(=O)c1cn(-c2ccc(C#N)c(C(F)F)c2)c2c1C(O)C(F)(F)CC2. The zero-order chi connectivity index (χ0) is 20.1. The van der Waals surface area contributed by atoms with Gasteiger partial charge in [-0.15, -0.1) is 0 Å². The monoisotopic (exact) mass is 402 g/mol. The Labute approximate surface area is 152 Å². The number of benzene rings is 1. The van der Waals surface area contributed by atoms with Gasteiger partial charge in [0.2, 0.25) is 0 Å². The summed E-state index contributed by atoms with van der Waals surface area (Å²) < 4.78 is 79.6. The van der Waals surface area contributed by atoms with Gasteiger partial charge in [0.25, 0.3) is 12.3 Å². The van der Waals surface area contributed by atoms with Crippen LogP contribution in [0.3, 0.4) is 0 Å². The van der Waals surface area contributed by atoms with Gasteiger partial charge in [-0.05, 0) is 24.6 Å². The number of nitrogens with zero attached hydrogens (tertiary/aromatic N) is 2. The van der Waals surface area contributed by atoms with Crippen LogP contribution in [0.25, 0.3) is 5.69 Å². The van der Waals surface area contributed by atoms with Crippen molar-refractivity contribution in [1.29, 1.82) is 5.26 Å². The largest absolute Gasteiger partial charge is 0.382 e. The highest BCUT2D eigenvalue weighted by Gasteiger charge is 2.47. The maximum Gasteiger partial charge on any atom is 0.278 e. The van der Waals surface area contributed by atoms with Crippen LogP contribution in [0.1, 0.15) is 41.3 Å². The molecule has 1 N–H and O–H groups in total. The van der Waals surface area contributed by atoms with Crippen molar-refractivity contribution >= 4 is 9.84 Å². The predicted molar refractivity (Wildman–Crippen MR) is 86.8 cm³/mol. The highest BCUT2D eigenvalue weighted by molar-refractivity contribution is 7.90. The molecule has 1 unspecified atom stereocenters. The molecule has 144 valence electrons. The van der Waals surface area contributed by atoms with Crippen LogP contribution in [-0.2, 0) is 16.3 Å². The number of aliphatic hydroxyl groups is 1. The summed E-state index contributed by atoms with van der Waals surface area (Å²) in [6.45, 7) is 0. The second-order valence-electron chi connectivity index (χ2n) is 6.34. The van der Waals surface area contributed by atoms with Gasteiger partial charge < -0.3 is 9.67 Å². The standard InChI is InChI=1S/C17H14F4N2O3S/c1-27(25,26)13-8-23(12-4-5-17(20,21)15(24)14(12)13)10-3-2-9(7-22)11(6-10)16(18)19/h2-3,6,8,15-16,24H,4-5H2,1H3. The lowest BCUT2D eigenvalue weighted by Crippen LogP contribution is -2.32. The molecule has 3 rings (SSSR count). The van der Waals surface area contributed by atoms with E-state index in [1.807, 2.05) is 0 Å². The molecule has 10 heteroatoms. The van der Waals surface area contributed by atoms with E-state index >= 15 is 0 Å².